The van der Waals surface area contributed by atoms with Crippen LogP contribution in [0.25, 0.3) is 10.1 Å². The van der Waals surface area contributed by atoms with E-state index in [1.54, 1.807) is 17.0 Å². The minimum absolute atomic E-state index is 0.156. The molecule has 2 heterocycles. The summed E-state index contributed by atoms with van der Waals surface area (Å²) in [6.45, 7) is 4.60. The summed E-state index contributed by atoms with van der Waals surface area (Å²) in [4.78, 5) is 41.9. The van der Waals surface area contributed by atoms with Crippen molar-refractivity contribution in [3.05, 3.63) is 76.2 Å². The van der Waals surface area contributed by atoms with E-state index < -0.39 is 11.6 Å². The van der Waals surface area contributed by atoms with E-state index in [0.29, 0.717) is 56.3 Å². The summed E-state index contributed by atoms with van der Waals surface area (Å²) in [6.07, 6.45) is 6.28. The van der Waals surface area contributed by atoms with Gasteiger partial charge in [0.15, 0.2) is 5.78 Å². The minimum Gasteiger partial charge on any atom is -0.398 e. The van der Waals surface area contributed by atoms with Crippen LogP contribution in [0, 0.1) is 0 Å². The smallest absolute Gasteiger partial charge is 0.262 e. The van der Waals surface area contributed by atoms with Crippen LogP contribution in [0.5, 0.6) is 0 Å². The molecule has 3 unspecified atom stereocenters. The van der Waals surface area contributed by atoms with E-state index in [-0.39, 0.29) is 23.6 Å². The van der Waals surface area contributed by atoms with E-state index in [0.717, 1.165) is 25.7 Å². The number of hydrogen-bond donors (Lipinski definition) is 4. The number of rotatable bonds is 5. The molecule has 6 rings (SSSR count). The highest BCUT2D eigenvalue weighted by molar-refractivity contribution is 7.21. The van der Waals surface area contributed by atoms with Crippen LogP contribution in [-0.2, 0) is 15.1 Å². The average Bonchev–Trinajstić information content (AvgIpc) is 3.32. The molecule has 3 aliphatic rings. The molecular formula is C30H33N5O3S. The highest BCUT2D eigenvalue weighted by Crippen LogP contribution is 2.50. The monoisotopic (exact) mass is 543 g/mol. The Morgan fingerprint density at radius 3 is 2.67 bits per heavy atom. The Labute approximate surface area is 231 Å². The minimum atomic E-state index is -1.46. The van der Waals surface area contributed by atoms with Gasteiger partial charge in [0, 0.05) is 35.8 Å². The number of nitrogens with two attached hydrogens (primary N) is 3. The molecular weight excluding hydrogens is 510 g/mol. The third-order valence-electron chi connectivity index (χ3n) is 8.68. The SMILES string of the molecule is C=CC(=O)N1CCCC(NC(=O)c2sc3c(N)ccc4c3c2C(N)C(=O)C4(N)c2cccc(C3CCC3)c2)C1. The first-order valence-corrected chi connectivity index (χ1v) is 14.3. The van der Waals surface area contributed by atoms with Crippen molar-refractivity contribution >= 4 is 44.7 Å². The van der Waals surface area contributed by atoms with Gasteiger partial charge in [0.2, 0.25) is 5.91 Å². The number of piperidine rings is 1. The fraction of sp³-hybridized carbons (Fsp3) is 0.367. The lowest BCUT2D eigenvalue weighted by Gasteiger charge is -2.37. The van der Waals surface area contributed by atoms with Crippen molar-refractivity contribution < 1.29 is 14.4 Å². The summed E-state index contributed by atoms with van der Waals surface area (Å²) in [6, 6.07) is 10.2. The summed E-state index contributed by atoms with van der Waals surface area (Å²) in [5, 5.41) is 3.76. The Bertz CT molecular complexity index is 1530. The van der Waals surface area contributed by atoms with Gasteiger partial charge in [0.25, 0.3) is 5.91 Å². The maximum Gasteiger partial charge on any atom is 0.262 e. The van der Waals surface area contributed by atoms with E-state index in [1.165, 1.54) is 29.4 Å². The molecule has 0 bridgehead atoms. The Balaban J connectivity index is 1.42. The molecule has 3 aromatic rings. The van der Waals surface area contributed by atoms with Crippen molar-refractivity contribution in [2.24, 2.45) is 11.5 Å². The maximum atomic E-state index is 14.1. The number of Topliss-reactive ketones (excluding diaryl/α,β-unsaturated/α-hetero) is 1. The third-order valence-corrected chi connectivity index (χ3v) is 9.93. The number of nitrogens with zero attached hydrogens (tertiary/aromatic N) is 1. The summed E-state index contributed by atoms with van der Waals surface area (Å²) in [7, 11) is 0. The second kappa shape index (κ2) is 9.59. The number of thiophene rings is 1. The predicted molar refractivity (Wildman–Crippen MR) is 153 cm³/mol. The molecule has 39 heavy (non-hydrogen) atoms. The Morgan fingerprint density at radius 1 is 1.15 bits per heavy atom. The highest BCUT2D eigenvalue weighted by atomic mass is 32.1. The average molecular weight is 544 g/mol. The fourth-order valence-electron chi connectivity index (χ4n) is 6.30. The number of benzene rings is 2. The predicted octanol–water partition coefficient (Wildman–Crippen LogP) is 3.44. The van der Waals surface area contributed by atoms with Crippen molar-refractivity contribution in [1.29, 1.82) is 0 Å². The Kier molecular flexibility index (Phi) is 6.32. The van der Waals surface area contributed by atoms with E-state index in [2.05, 4.69) is 18.0 Å². The first-order valence-electron chi connectivity index (χ1n) is 13.5. The quantitative estimate of drug-likeness (QED) is 0.287. The van der Waals surface area contributed by atoms with Gasteiger partial charge in [-0.25, -0.2) is 0 Å². The zero-order valence-electron chi connectivity index (χ0n) is 21.7. The molecule has 1 saturated carbocycles. The summed E-state index contributed by atoms with van der Waals surface area (Å²) < 4.78 is 0.702. The van der Waals surface area contributed by atoms with Crippen LogP contribution in [0.3, 0.4) is 0 Å². The van der Waals surface area contributed by atoms with Crippen molar-refractivity contribution in [3.8, 4) is 0 Å². The first kappa shape index (κ1) is 25.7. The van der Waals surface area contributed by atoms with E-state index in [1.807, 2.05) is 18.2 Å². The van der Waals surface area contributed by atoms with Crippen LogP contribution in [0.4, 0.5) is 5.69 Å². The van der Waals surface area contributed by atoms with Gasteiger partial charge in [0.1, 0.15) is 5.54 Å². The molecule has 0 radical (unpaired) electrons. The second-order valence-electron chi connectivity index (χ2n) is 11.0. The molecule has 2 amide bonds. The number of nitrogen functional groups attached to an aromatic ring is 1. The highest BCUT2D eigenvalue weighted by Gasteiger charge is 2.49. The second-order valence-corrected chi connectivity index (χ2v) is 12.0. The van der Waals surface area contributed by atoms with E-state index >= 15 is 0 Å². The zero-order valence-corrected chi connectivity index (χ0v) is 22.6. The molecule has 2 aromatic carbocycles. The lowest BCUT2D eigenvalue weighted by Crippen LogP contribution is -2.53. The number of likely N-dealkylation sites (tertiary alicyclic amines) is 1. The van der Waals surface area contributed by atoms with Crippen LogP contribution < -0.4 is 22.5 Å². The molecule has 2 aliphatic carbocycles. The Morgan fingerprint density at radius 2 is 1.95 bits per heavy atom. The van der Waals surface area contributed by atoms with Crippen molar-refractivity contribution in [3.63, 3.8) is 0 Å². The molecule has 202 valence electrons. The number of carbonyl (C=O) groups excluding carboxylic acids is 3. The fourth-order valence-corrected chi connectivity index (χ4v) is 7.50. The number of ketones is 1. The van der Waals surface area contributed by atoms with Gasteiger partial charge < -0.3 is 27.4 Å². The van der Waals surface area contributed by atoms with Crippen LogP contribution in [0.15, 0.2) is 49.1 Å². The van der Waals surface area contributed by atoms with Crippen molar-refractivity contribution in [2.45, 2.75) is 55.6 Å². The number of nitrogens with one attached hydrogen (secondary N) is 1. The number of amides is 2. The molecule has 3 atom stereocenters. The third kappa shape index (κ3) is 3.99. The van der Waals surface area contributed by atoms with Gasteiger partial charge >= 0.3 is 0 Å². The summed E-state index contributed by atoms with van der Waals surface area (Å²) in [5.74, 6) is -0.345. The summed E-state index contributed by atoms with van der Waals surface area (Å²) in [5.41, 5.74) is 22.1. The molecule has 2 fully saturated rings. The molecule has 7 N–H and O–H groups in total. The number of anilines is 1. The molecule has 9 heteroatoms. The van der Waals surface area contributed by atoms with E-state index in [4.69, 9.17) is 17.2 Å². The van der Waals surface area contributed by atoms with Gasteiger partial charge in [-0.2, -0.15) is 0 Å². The van der Waals surface area contributed by atoms with Gasteiger partial charge in [-0.05, 0) is 60.4 Å². The first-order chi connectivity index (χ1) is 18.7. The topological polar surface area (TPSA) is 145 Å². The molecule has 8 nitrogen and oxygen atoms in total. The van der Waals surface area contributed by atoms with Gasteiger partial charge in [0.05, 0.1) is 15.6 Å². The van der Waals surface area contributed by atoms with Gasteiger partial charge in [-0.1, -0.05) is 43.3 Å². The van der Waals surface area contributed by atoms with Crippen molar-refractivity contribution in [2.75, 3.05) is 18.8 Å². The molecule has 1 aromatic heterocycles. The standard InChI is InChI=1S/C30H33N5O3S/c1-2-22(36)35-13-5-10-19(15-35)34-29(38)27-24-23-20(11-12-21(31)26(23)39-27)30(33,28(37)25(24)32)18-9-4-8-17(14-18)16-6-3-7-16/h2,4,8-9,11-12,14,16,19,25H,1,3,5-7,10,13,15,31-33H2,(H,34,38). The molecule has 1 saturated heterocycles. The number of hydrogen-bond acceptors (Lipinski definition) is 7. The van der Waals surface area contributed by atoms with E-state index in [9.17, 15) is 14.4 Å². The molecule has 0 spiro atoms. The summed E-state index contributed by atoms with van der Waals surface area (Å²) >= 11 is 1.24. The van der Waals surface area contributed by atoms with Crippen LogP contribution in [0.1, 0.15) is 76.0 Å². The van der Waals surface area contributed by atoms with Crippen LogP contribution in [-0.4, -0.2) is 41.6 Å². The van der Waals surface area contributed by atoms with Gasteiger partial charge in [-0.3, -0.25) is 14.4 Å². The normalized spacial score (nSPS) is 24.9. The lowest BCUT2D eigenvalue weighted by molar-refractivity contribution is -0.127. The Hall–Kier alpha value is -3.53. The largest absolute Gasteiger partial charge is 0.398 e. The maximum absolute atomic E-state index is 14.1. The van der Waals surface area contributed by atoms with Gasteiger partial charge in [-0.15, -0.1) is 11.3 Å². The van der Waals surface area contributed by atoms with Crippen molar-refractivity contribution in [1.82, 2.24) is 10.2 Å². The number of carbonyl (C=O) groups is 3. The lowest BCUT2D eigenvalue weighted by atomic mass is 9.69. The molecule has 1 aliphatic heterocycles. The van der Waals surface area contributed by atoms with Crippen LogP contribution >= 0.6 is 11.3 Å². The van der Waals surface area contributed by atoms with Crippen LogP contribution in [0.2, 0.25) is 0 Å². The zero-order chi connectivity index (χ0) is 27.5.